The van der Waals surface area contributed by atoms with Gasteiger partial charge in [0.25, 0.3) is 0 Å². The van der Waals surface area contributed by atoms with Crippen LogP contribution in [0.15, 0.2) is 42.5 Å². The Labute approximate surface area is 102 Å². The van der Waals surface area contributed by atoms with Crippen molar-refractivity contribution in [3.63, 3.8) is 0 Å². The SMILES string of the molecule is CO[C@H]1C=C[C@@](O)(Cc2ccccc2)[C@H](C)O1. The maximum absolute atomic E-state index is 10.5. The number of aliphatic hydroxyl groups is 1. The van der Waals surface area contributed by atoms with Crippen LogP contribution in [0.3, 0.4) is 0 Å². The van der Waals surface area contributed by atoms with E-state index in [1.165, 1.54) is 0 Å². The number of hydrogen-bond acceptors (Lipinski definition) is 3. The fourth-order valence-corrected chi connectivity index (χ4v) is 2.00. The molecule has 1 aromatic carbocycles. The van der Waals surface area contributed by atoms with Gasteiger partial charge in [0.1, 0.15) is 5.60 Å². The zero-order chi connectivity index (χ0) is 12.3. The largest absolute Gasteiger partial charge is 0.383 e. The van der Waals surface area contributed by atoms with Crippen molar-refractivity contribution in [3.05, 3.63) is 48.0 Å². The first kappa shape index (κ1) is 12.3. The summed E-state index contributed by atoms with van der Waals surface area (Å²) in [5.41, 5.74) is 0.127. The molecule has 0 saturated carbocycles. The van der Waals surface area contributed by atoms with E-state index in [0.29, 0.717) is 6.42 Å². The number of benzene rings is 1. The Balaban J connectivity index is 2.14. The summed E-state index contributed by atoms with van der Waals surface area (Å²) in [4.78, 5) is 0. The molecule has 0 fully saturated rings. The number of methoxy groups -OCH3 is 1. The van der Waals surface area contributed by atoms with Gasteiger partial charge in [-0.05, 0) is 24.6 Å². The summed E-state index contributed by atoms with van der Waals surface area (Å²) in [6.45, 7) is 1.86. The van der Waals surface area contributed by atoms with Gasteiger partial charge in [0.15, 0.2) is 6.29 Å². The topological polar surface area (TPSA) is 38.7 Å². The van der Waals surface area contributed by atoms with Gasteiger partial charge in [-0.2, -0.15) is 0 Å². The van der Waals surface area contributed by atoms with Crippen molar-refractivity contribution in [1.29, 1.82) is 0 Å². The Bertz CT molecular complexity index is 388. The molecule has 1 aliphatic heterocycles. The number of rotatable bonds is 3. The average molecular weight is 234 g/mol. The van der Waals surface area contributed by atoms with Crippen LogP contribution in [0.1, 0.15) is 12.5 Å². The maximum Gasteiger partial charge on any atom is 0.177 e. The Morgan fingerprint density at radius 1 is 1.35 bits per heavy atom. The maximum atomic E-state index is 10.5. The summed E-state index contributed by atoms with van der Waals surface area (Å²) >= 11 is 0. The molecule has 3 atom stereocenters. The lowest BCUT2D eigenvalue weighted by Crippen LogP contribution is -2.47. The zero-order valence-corrected chi connectivity index (χ0v) is 10.2. The normalized spacial score (nSPS) is 32.6. The molecule has 0 saturated heterocycles. The van der Waals surface area contributed by atoms with Crippen LogP contribution >= 0.6 is 0 Å². The first-order valence-corrected chi connectivity index (χ1v) is 5.78. The molecule has 92 valence electrons. The first-order valence-electron chi connectivity index (χ1n) is 5.78. The summed E-state index contributed by atoms with van der Waals surface area (Å²) in [5.74, 6) is 0. The average Bonchev–Trinajstić information content (AvgIpc) is 2.34. The van der Waals surface area contributed by atoms with E-state index in [9.17, 15) is 5.11 Å². The molecule has 3 nitrogen and oxygen atoms in total. The number of hydrogen-bond donors (Lipinski definition) is 1. The summed E-state index contributed by atoms with van der Waals surface area (Å²) < 4.78 is 10.6. The van der Waals surface area contributed by atoms with Crippen LogP contribution < -0.4 is 0 Å². The van der Waals surface area contributed by atoms with E-state index < -0.39 is 5.60 Å². The fraction of sp³-hybridized carbons (Fsp3) is 0.429. The van der Waals surface area contributed by atoms with E-state index in [0.717, 1.165) is 5.56 Å². The molecule has 0 unspecified atom stereocenters. The molecule has 0 radical (unpaired) electrons. The van der Waals surface area contributed by atoms with Crippen LogP contribution in [0, 0.1) is 0 Å². The molecular formula is C14H18O3. The second kappa shape index (κ2) is 5.00. The van der Waals surface area contributed by atoms with Crippen molar-refractivity contribution in [2.75, 3.05) is 7.11 Å². The molecule has 0 amide bonds. The summed E-state index contributed by atoms with van der Waals surface area (Å²) in [7, 11) is 1.59. The van der Waals surface area contributed by atoms with E-state index in [-0.39, 0.29) is 12.4 Å². The predicted molar refractivity (Wildman–Crippen MR) is 65.6 cm³/mol. The molecular weight excluding hydrogens is 216 g/mol. The zero-order valence-electron chi connectivity index (χ0n) is 10.2. The van der Waals surface area contributed by atoms with Gasteiger partial charge in [0.05, 0.1) is 6.10 Å². The van der Waals surface area contributed by atoms with Crippen molar-refractivity contribution in [1.82, 2.24) is 0 Å². The van der Waals surface area contributed by atoms with Gasteiger partial charge in [-0.25, -0.2) is 0 Å². The van der Waals surface area contributed by atoms with Gasteiger partial charge in [0.2, 0.25) is 0 Å². The lowest BCUT2D eigenvalue weighted by molar-refractivity contribution is -0.179. The number of ether oxygens (including phenoxy) is 2. The minimum absolute atomic E-state index is 0.294. The molecule has 0 aromatic heterocycles. The van der Waals surface area contributed by atoms with Crippen molar-refractivity contribution in [3.8, 4) is 0 Å². The Morgan fingerprint density at radius 3 is 2.65 bits per heavy atom. The molecule has 1 aliphatic rings. The Kier molecular flexibility index (Phi) is 3.62. The van der Waals surface area contributed by atoms with Crippen LogP contribution in [0.25, 0.3) is 0 Å². The Morgan fingerprint density at radius 2 is 2.06 bits per heavy atom. The van der Waals surface area contributed by atoms with Gasteiger partial charge in [-0.1, -0.05) is 30.3 Å². The van der Waals surface area contributed by atoms with Crippen molar-refractivity contribution >= 4 is 0 Å². The standard InChI is InChI=1S/C14H18O3/c1-11-14(15,9-8-13(16-2)17-11)10-12-6-4-3-5-7-12/h3-9,11,13,15H,10H2,1-2H3/t11-,13+,14+/m0/s1. The van der Waals surface area contributed by atoms with Gasteiger partial charge in [-0.3, -0.25) is 0 Å². The third kappa shape index (κ3) is 2.75. The second-order valence-electron chi connectivity index (χ2n) is 4.40. The lowest BCUT2D eigenvalue weighted by Gasteiger charge is -2.36. The van der Waals surface area contributed by atoms with Gasteiger partial charge in [0, 0.05) is 13.5 Å². The third-order valence-corrected chi connectivity index (χ3v) is 3.15. The van der Waals surface area contributed by atoms with E-state index >= 15 is 0 Å². The molecule has 0 aliphatic carbocycles. The van der Waals surface area contributed by atoms with Gasteiger partial charge in [-0.15, -0.1) is 0 Å². The van der Waals surface area contributed by atoms with Crippen LogP contribution in [0.4, 0.5) is 0 Å². The molecule has 1 aromatic rings. The highest BCUT2D eigenvalue weighted by atomic mass is 16.7. The molecule has 17 heavy (non-hydrogen) atoms. The van der Waals surface area contributed by atoms with E-state index in [1.807, 2.05) is 37.3 Å². The van der Waals surface area contributed by atoms with Crippen molar-refractivity contribution < 1.29 is 14.6 Å². The predicted octanol–water partition coefficient (Wildman–Crippen LogP) is 1.91. The summed E-state index contributed by atoms with van der Waals surface area (Å²) in [6.07, 6.45) is 3.42. The molecule has 1 heterocycles. The first-order chi connectivity index (χ1) is 8.14. The molecule has 0 bridgehead atoms. The second-order valence-corrected chi connectivity index (χ2v) is 4.40. The van der Waals surface area contributed by atoms with Gasteiger partial charge >= 0.3 is 0 Å². The van der Waals surface area contributed by atoms with Crippen LogP contribution in [-0.2, 0) is 15.9 Å². The fourth-order valence-electron chi connectivity index (χ4n) is 2.00. The van der Waals surface area contributed by atoms with E-state index in [4.69, 9.17) is 9.47 Å². The minimum Gasteiger partial charge on any atom is -0.383 e. The minimum atomic E-state index is -0.962. The lowest BCUT2D eigenvalue weighted by atomic mass is 9.88. The highest BCUT2D eigenvalue weighted by Gasteiger charge is 2.36. The van der Waals surface area contributed by atoms with Gasteiger partial charge < -0.3 is 14.6 Å². The highest BCUT2D eigenvalue weighted by Crippen LogP contribution is 2.27. The summed E-state index contributed by atoms with van der Waals surface area (Å²) in [5, 5.41) is 10.5. The molecule has 2 rings (SSSR count). The van der Waals surface area contributed by atoms with Crippen LogP contribution in [-0.4, -0.2) is 30.2 Å². The monoisotopic (exact) mass is 234 g/mol. The molecule has 0 spiro atoms. The third-order valence-electron chi connectivity index (χ3n) is 3.15. The van der Waals surface area contributed by atoms with E-state index in [2.05, 4.69) is 0 Å². The van der Waals surface area contributed by atoms with Crippen molar-refractivity contribution in [2.24, 2.45) is 0 Å². The van der Waals surface area contributed by atoms with Crippen LogP contribution in [0.5, 0.6) is 0 Å². The highest BCUT2D eigenvalue weighted by molar-refractivity contribution is 5.22. The van der Waals surface area contributed by atoms with E-state index in [1.54, 1.807) is 19.3 Å². The molecule has 3 heteroatoms. The smallest absolute Gasteiger partial charge is 0.177 e. The summed E-state index contributed by atoms with van der Waals surface area (Å²) in [6, 6.07) is 9.90. The van der Waals surface area contributed by atoms with Crippen molar-refractivity contribution in [2.45, 2.75) is 31.3 Å². The quantitative estimate of drug-likeness (QED) is 0.812. The Hall–Kier alpha value is -1.16. The molecule has 1 N–H and O–H groups in total. The van der Waals surface area contributed by atoms with Crippen LogP contribution in [0.2, 0.25) is 0 Å².